The normalized spacial score (nSPS) is 21.3. The summed E-state index contributed by atoms with van der Waals surface area (Å²) < 4.78 is 0. The van der Waals surface area contributed by atoms with Crippen LogP contribution in [0.15, 0.2) is 24.3 Å². The molecule has 1 aliphatic rings. The summed E-state index contributed by atoms with van der Waals surface area (Å²) in [7, 11) is 0. The van der Waals surface area contributed by atoms with E-state index in [2.05, 4.69) is 60.6 Å². The fourth-order valence-electron chi connectivity index (χ4n) is 2.95. The summed E-state index contributed by atoms with van der Waals surface area (Å²) in [4.78, 5) is 0. The molecule has 0 unspecified atom stereocenters. The molecule has 4 heteroatoms. The first-order valence-electron chi connectivity index (χ1n) is 7.76. The summed E-state index contributed by atoms with van der Waals surface area (Å²) in [6, 6.07) is 9.28. The maximum atomic E-state index is 4.27. The molecule has 1 saturated carbocycles. The van der Waals surface area contributed by atoms with Crippen molar-refractivity contribution in [2.75, 3.05) is 5.32 Å². The van der Waals surface area contributed by atoms with Crippen molar-refractivity contribution in [3.8, 4) is 0 Å². The smallest absolute Gasteiger partial charge is 0.205 e. The van der Waals surface area contributed by atoms with Gasteiger partial charge < -0.3 is 5.32 Å². The molecule has 3 nitrogen and oxygen atoms in total. The predicted octanol–water partition coefficient (Wildman–Crippen LogP) is 4.40. The fourth-order valence-corrected chi connectivity index (χ4v) is 3.98. The summed E-state index contributed by atoms with van der Waals surface area (Å²) in [5, 5.41) is 14.2. The van der Waals surface area contributed by atoms with Gasteiger partial charge >= 0.3 is 0 Å². The van der Waals surface area contributed by atoms with E-state index in [0.717, 1.165) is 16.6 Å². The van der Waals surface area contributed by atoms with Crippen LogP contribution in [-0.4, -0.2) is 16.2 Å². The highest BCUT2D eigenvalue weighted by Gasteiger charge is 2.31. The number of aryl methyl sites for hydroxylation is 1. The van der Waals surface area contributed by atoms with E-state index in [1.165, 1.54) is 24.0 Å². The number of nitrogens with one attached hydrogen (secondary N) is 1. The minimum absolute atomic E-state index is 0.550. The number of rotatable bonds is 5. The first kappa shape index (κ1) is 14.5. The Kier molecular flexibility index (Phi) is 4.24. The average molecular weight is 301 g/mol. The van der Waals surface area contributed by atoms with Gasteiger partial charge in [0.1, 0.15) is 5.01 Å². The van der Waals surface area contributed by atoms with Crippen molar-refractivity contribution in [2.24, 2.45) is 5.92 Å². The van der Waals surface area contributed by atoms with Crippen LogP contribution in [0.3, 0.4) is 0 Å². The van der Waals surface area contributed by atoms with E-state index in [-0.39, 0.29) is 0 Å². The summed E-state index contributed by atoms with van der Waals surface area (Å²) >= 11 is 1.71. The maximum absolute atomic E-state index is 4.27. The zero-order valence-corrected chi connectivity index (χ0v) is 13.8. The molecule has 2 aromatic rings. The molecular weight excluding hydrogens is 278 g/mol. The van der Waals surface area contributed by atoms with Crippen LogP contribution in [-0.2, 0) is 6.42 Å². The Morgan fingerprint density at radius 1 is 1.24 bits per heavy atom. The largest absolute Gasteiger partial charge is 0.357 e. The summed E-state index contributed by atoms with van der Waals surface area (Å²) in [6.07, 6.45) is 3.42. The molecule has 1 aromatic heterocycles. The quantitative estimate of drug-likeness (QED) is 0.889. The van der Waals surface area contributed by atoms with E-state index in [4.69, 9.17) is 0 Å². The maximum Gasteiger partial charge on any atom is 0.205 e. The topological polar surface area (TPSA) is 37.8 Å². The lowest BCUT2D eigenvalue weighted by Gasteiger charge is -2.36. The van der Waals surface area contributed by atoms with Gasteiger partial charge in [-0.15, -0.1) is 10.2 Å². The summed E-state index contributed by atoms with van der Waals surface area (Å²) in [5.41, 5.74) is 2.92. The Bertz CT molecular complexity index is 600. The Hall–Kier alpha value is -1.42. The number of benzene rings is 1. The lowest BCUT2D eigenvalue weighted by atomic mass is 9.74. The van der Waals surface area contributed by atoms with Gasteiger partial charge in [0.05, 0.1) is 0 Å². The molecule has 0 bridgehead atoms. The molecule has 1 heterocycles. The molecule has 0 amide bonds. The van der Waals surface area contributed by atoms with E-state index in [1.807, 2.05) is 0 Å². The molecule has 0 radical (unpaired) electrons. The summed E-state index contributed by atoms with van der Waals surface area (Å²) in [6.45, 7) is 6.64. The Morgan fingerprint density at radius 2 is 2.00 bits per heavy atom. The highest BCUT2D eigenvalue weighted by Crippen LogP contribution is 2.40. The molecular formula is C17H23N3S. The van der Waals surface area contributed by atoms with Crippen LogP contribution < -0.4 is 5.32 Å². The van der Waals surface area contributed by atoms with Crippen LogP contribution in [0.2, 0.25) is 0 Å². The van der Waals surface area contributed by atoms with E-state index < -0.39 is 0 Å². The second-order valence-corrected chi connectivity index (χ2v) is 7.53. The molecule has 21 heavy (non-hydrogen) atoms. The third-order valence-electron chi connectivity index (χ3n) is 4.14. The minimum Gasteiger partial charge on any atom is -0.357 e. The van der Waals surface area contributed by atoms with Crippen molar-refractivity contribution in [3.05, 3.63) is 40.4 Å². The van der Waals surface area contributed by atoms with Crippen LogP contribution in [0.25, 0.3) is 0 Å². The van der Waals surface area contributed by atoms with Gasteiger partial charge in [0.25, 0.3) is 0 Å². The van der Waals surface area contributed by atoms with E-state index >= 15 is 0 Å². The van der Waals surface area contributed by atoms with Gasteiger partial charge in [0.15, 0.2) is 0 Å². The molecule has 112 valence electrons. The molecule has 1 aliphatic carbocycles. The van der Waals surface area contributed by atoms with Crippen molar-refractivity contribution in [2.45, 2.75) is 52.0 Å². The third-order valence-corrected chi connectivity index (χ3v) is 5.02. The van der Waals surface area contributed by atoms with Crippen molar-refractivity contribution < 1.29 is 0 Å². The van der Waals surface area contributed by atoms with Gasteiger partial charge in [-0.05, 0) is 42.7 Å². The van der Waals surface area contributed by atoms with Crippen LogP contribution >= 0.6 is 11.3 Å². The minimum atomic E-state index is 0.550. The standard InChI is InChI=1S/C17H23N3S/c1-11(2)8-16-19-20-17(21-16)18-14-9-13(10-14)15-7-5-4-6-12(15)3/h4-7,11,13-14H,8-10H2,1-3H3,(H,18,20). The zero-order valence-electron chi connectivity index (χ0n) is 13.0. The zero-order chi connectivity index (χ0) is 14.8. The highest BCUT2D eigenvalue weighted by molar-refractivity contribution is 7.15. The van der Waals surface area contributed by atoms with Crippen molar-refractivity contribution >= 4 is 16.5 Å². The average Bonchev–Trinajstić information content (AvgIpc) is 2.81. The van der Waals surface area contributed by atoms with E-state index in [0.29, 0.717) is 17.9 Å². The molecule has 1 aromatic carbocycles. The lowest BCUT2D eigenvalue weighted by Crippen LogP contribution is -2.34. The molecule has 0 saturated heterocycles. The predicted molar refractivity (Wildman–Crippen MR) is 89.0 cm³/mol. The fraction of sp³-hybridized carbons (Fsp3) is 0.529. The number of aromatic nitrogens is 2. The molecule has 0 spiro atoms. The molecule has 1 N–H and O–H groups in total. The van der Waals surface area contributed by atoms with Gasteiger partial charge in [0, 0.05) is 12.5 Å². The Morgan fingerprint density at radius 3 is 2.71 bits per heavy atom. The molecule has 1 fully saturated rings. The van der Waals surface area contributed by atoms with Gasteiger partial charge in [0.2, 0.25) is 5.13 Å². The van der Waals surface area contributed by atoms with Crippen LogP contribution in [0.5, 0.6) is 0 Å². The number of nitrogens with zero attached hydrogens (tertiary/aromatic N) is 2. The van der Waals surface area contributed by atoms with Crippen LogP contribution in [0.1, 0.15) is 48.7 Å². The van der Waals surface area contributed by atoms with Gasteiger partial charge in [-0.2, -0.15) is 0 Å². The Labute approximate surface area is 130 Å². The first-order valence-corrected chi connectivity index (χ1v) is 8.58. The van der Waals surface area contributed by atoms with E-state index in [1.54, 1.807) is 11.3 Å². The number of hydrogen-bond acceptors (Lipinski definition) is 4. The van der Waals surface area contributed by atoms with Crippen molar-refractivity contribution in [3.63, 3.8) is 0 Å². The highest BCUT2D eigenvalue weighted by atomic mass is 32.1. The molecule has 0 atom stereocenters. The number of hydrogen-bond donors (Lipinski definition) is 1. The second-order valence-electron chi connectivity index (χ2n) is 6.47. The third kappa shape index (κ3) is 3.43. The van der Waals surface area contributed by atoms with Crippen LogP contribution in [0, 0.1) is 12.8 Å². The first-order chi connectivity index (χ1) is 10.1. The van der Waals surface area contributed by atoms with Gasteiger partial charge in [-0.25, -0.2) is 0 Å². The second kappa shape index (κ2) is 6.14. The van der Waals surface area contributed by atoms with Gasteiger partial charge in [-0.1, -0.05) is 49.4 Å². The molecule has 0 aliphatic heterocycles. The lowest BCUT2D eigenvalue weighted by molar-refractivity contribution is 0.372. The Balaban J connectivity index is 1.53. The van der Waals surface area contributed by atoms with E-state index in [9.17, 15) is 0 Å². The monoisotopic (exact) mass is 301 g/mol. The number of anilines is 1. The summed E-state index contributed by atoms with van der Waals surface area (Å²) in [5.74, 6) is 1.34. The van der Waals surface area contributed by atoms with Crippen LogP contribution in [0.4, 0.5) is 5.13 Å². The molecule has 3 rings (SSSR count). The van der Waals surface area contributed by atoms with Crippen molar-refractivity contribution in [1.29, 1.82) is 0 Å². The SMILES string of the molecule is Cc1ccccc1C1CC(Nc2nnc(CC(C)C)s2)C1. The van der Waals surface area contributed by atoms with Gasteiger partial charge in [-0.3, -0.25) is 0 Å². The van der Waals surface area contributed by atoms with Crippen molar-refractivity contribution in [1.82, 2.24) is 10.2 Å².